The molecule has 0 unspecified atom stereocenters. The minimum atomic E-state index is -0.306. The largest absolute Gasteiger partial charge is 0.376 e. The number of ether oxygens (including phenoxy) is 1. The van der Waals surface area contributed by atoms with Gasteiger partial charge in [0, 0.05) is 19.2 Å². The van der Waals surface area contributed by atoms with Gasteiger partial charge in [0.05, 0.1) is 32.1 Å². The molecule has 102 valence electrons. The van der Waals surface area contributed by atoms with E-state index in [1.54, 1.807) is 25.2 Å². The van der Waals surface area contributed by atoms with E-state index >= 15 is 0 Å². The lowest BCUT2D eigenvalue weighted by Crippen LogP contribution is -2.28. The monoisotopic (exact) mass is 264 g/mol. The highest BCUT2D eigenvalue weighted by molar-refractivity contribution is 5.75. The molecular formula is C14H17FN2O2. The van der Waals surface area contributed by atoms with Gasteiger partial charge in [0.15, 0.2) is 0 Å². The van der Waals surface area contributed by atoms with Gasteiger partial charge in [-0.25, -0.2) is 4.39 Å². The first-order chi connectivity index (χ1) is 9.15. The molecule has 0 saturated carbocycles. The summed E-state index contributed by atoms with van der Waals surface area (Å²) in [5.41, 5.74) is 0.479. The Morgan fingerprint density at radius 3 is 2.89 bits per heavy atom. The van der Waals surface area contributed by atoms with Crippen LogP contribution in [-0.4, -0.2) is 31.0 Å². The Kier molecular flexibility index (Phi) is 6.55. The molecule has 0 radical (unpaired) electrons. The SMILES string of the molecule is CN(CCC#N)C(=O)CCOCc1ccccc1F. The molecule has 0 fully saturated rings. The predicted molar refractivity (Wildman–Crippen MR) is 68.5 cm³/mol. The number of amides is 1. The molecule has 0 saturated heterocycles. The van der Waals surface area contributed by atoms with Gasteiger partial charge >= 0.3 is 0 Å². The van der Waals surface area contributed by atoms with Crippen molar-refractivity contribution in [1.29, 1.82) is 5.26 Å². The number of halogens is 1. The molecule has 1 aromatic rings. The van der Waals surface area contributed by atoms with E-state index in [0.29, 0.717) is 18.5 Å². The van der Waals surface area contributed by atoms with Gasteiger partial charge in [0.2, 0.25) is 5.91 Å². The first-order valence-electron chi connectivity index (χ1n) is 6.07. The van der Waals surface area contributed by atoms with Crippen LogP contribution in [0.2, 0.25) is 0 Å². The van der Waals surface area contributed by atoms with Crippen LogP contribution in [0.25, 0.3) is 0 Å². The van der Waals surface area contributed by atoms with Gasteiger partial charge < -0.3 is 9.64 Å². The van der Waals surface area contributed by atoms with Crippen molar-refractivity contribution in [2.75, 3.05) is 20.2 Å². The molecule has 1 amide bonds. The topological polar surface area (TPSA) is 53.3 Å². The molecular weight excluding hydrogens is 247 g/mol. The van der Waals surface area contributed by atoms with Crippen LogP contribution in [0.3, 0.4) is 0 Å². The van der Waals surface area contributed by atoms with Crippen molar-refractivity contribution < 1.29 is 13.9 Å². The summed E-state index contributed by atoms with van der Waals surface area (Å²) in [6, 6.07) is 8.36. The van der Waals surface area contributed by atoms with Crippen molar-refractivity contribution in [2.45, 2.75) is 19.4 Å². The van der Waals surface area contributed by atoms with E-state index in [1.165, 1.54) is 11.0 Å². The molecule has 0 bridgehead atoms. The standard InChI is InChI=1S/C14H17FN2O2/c1-17(9-4-8-16)14(18)7-10-19-11-12-5-2-3-6-13(12)15/h2-3,5-6H,4,7,9-11H2,1H3. The molecule has 1 aromatic carbocycles. The van der Waals surface area contributed by atoms with Crippen molar-refractivity contribution >= 4 is 5.91 Å². The maximum Gasteiger partial charge on any atom is 0.224 e. The average molecular weight is 264 g/mol. The van der Waals surface area contributed by atoms with Crippen molar-refractivity contribution in [1.82, 2.24) is 4.90 Å². The maximum absolute atomic E-state index is 13.3. The van der Waals surface area contributed by atoms with Gasteiger partial charge in [-0.15, -0.1) is 0 Å². The smallest absolute Gasteiger partial charge is 0.224 e. The van der Waals surface area contributed by atoms with E-state index in [-0.39, 0.29) is 31.4 Å². The number of hydrogen-bond donors (Lipinski definition) is 0. The summed E-state index contributed by atoms with van der Waals surface area (Å²) < 4.78 is 18.5. The van der Waals surface area contributed by atoms with Crippen molar-refractivity contribution in [3.8, 4) is 6.07 Å². The number of nitriles is 1. The highest BCUT2D eigenvalue weighted by Crippen LogP contribution is 2.07. The highest BCUT2D eigenvalue weighted by atomic mass is 19.1. The fourth-order valence-electron chi connectivity index (χ4n) is 1.49. The number of nitrogens with zero attached hydrogens (tertiary/aromatic N) is 2. The zero-order valence-corrected chi connectivity index (χ0v) is 10.9. The Labute approximate surface area is 112 Å². The Bertz CT molecular complexity index is 457. The number of carbonyl (C=O) groups excluding carboxylic acids is 1. The third-order valence-electron chi connectivity index (χ3n) is 2.66. The summed E-state index contributed by atoms with van der Waals surface area (Å²) in [7, 11) is 1.65. The third kappa shape index (κ3) is 5.49. The molecule has 0 N–H and O–H groups in total. The molecule has 0 spiro atoms. The van der Waals surface area contributed by atoms with Crippen LogP contribution < -0.4 is 0 Å². The molecule has 0 atom stereocenters. The number of carbonyl (C=O) groups is 1. The zero-order valence-electron chi connectivity index (χ0n) is 10.9. The maximum atomic E-state index is 13.3. The van der Waals surface area contributed by atoms with Gasteiger partial charge in [0.25, 0.3) is 0 Å². The second-order valence-electron chi connectivity index (χ2n) is 4.12. The van der Waals surface area contributed by atoms with Crippen LogP contribution in [0.15, 0.2) is 24.3 Å². The second kappa shape index (κ2) is 8.22. The summed E-state index contributed by atoms with van der Waals surface area (Å²) in [5, 5.41) is 8.41. The van der Waals surface area contributed by atoms with Crippen LogP contribution in [-0.2, 0) is 16.1 Å². The average Bonchev–Trinajstić information content (AvgIpc) is 2.42. The van der Waals surface area contributed by atoms with Gasteiger partial charge in [-0.05, 0) is 6.07 Å². The Hall–Kier alpha value is -1.93. The van der Waals surface area contributed by atoms with Crippen molar-refractivity contribution in [2.24, 2.45) is 0 Å². The van der Waals surface area contributed by atoms with Crippen LogP contribution in [0.5, 0.6) is 0 Å². The highest BCUT2D eigenvalue weighted by Gasteiger charge is 2.08. The Balaban J connectivity index is 2.22. The van der Waals surface area contributed by atoms with E-state index in [1.807, 2.05) is 6.07 Å². The molecule has 0 heterocycles. The van der Waals surface area contributed by atoms with Crippen LogP contribution >= 0.6 is 0 Å². The van der Waals surface area contributed by atoms with Gasteiger partial charge in [0.1, 0.15) is 5.82 Å². The number of hydrogen-bond acceptors (Lipinski definition) is 3. The molecule has 0 aromatic heterocycles. The molecule has 19 heavy (non-hydrogen) atoms. The molecule has 1 rings (SSSR count). The summed E-state index contributed by atoms with van der Waals surface area (Å²) in [6.07, 6.45) is 0.550. The molecule has 4 nitrogen and oxygen atoms in total. The van der Waals surface area contributed by atoms with Crippen LogP contribution in [0, 0.1) is 17.1 Å². The minimum absolute atomic E-state index is 0.0798. The normalized spacial score (nSPS) is 9.95. The molecule has 5 heteroatoms. The zero-order chi connectivity index (χ0) is 14.1. The van der Waals surface area contributed by atoms with Gasteiger partial charge in [-0.2, -0.15) is 5.26 Å². The molecule has 0 aliphatic heterocycles. The van der Waals surface area contributed by atoms with Crippen molar-refractivity contribution in [3.63, 3.8) is 0 Å². The Morgan fingerprint density at radius 2 is 2.21 bits per heavy atom. The summed E-state index contributed by atoms with van der Waals surface area (Å²) in [6.45, 7) is 0.814. The molecule has 0 aliphatic carbocycles. The lowest BCUT2D eigenvalue weighted by Gasteiger charge is -2.15. The Morgan fingerprint density at radius 1 is 1.47 bits per heavy atom. The summed E-state index contributed by atoms with van der Waals surface area (Å²) in [4.78, 5) is 13.1. The lowest BCUT2D eigenvalue weighted by molar-refractivity contribution is -0.131. The first kappa shape index (κ1) is 15.1. The fraction of sp³-hybridized carbons (Fsp3) is 0.429. The third-order valence-corrected chi connectivity index (χ3v) is 2.66. The van der Waals surface area contributed by atoms with E-state index in [9.17, 15) is 9.18 Å². The van der Waals surface area contributed by atoms with Crippen molar-refractivity contribution in [3.05, 3.63) is 35.6 Å². The van der Waals surface area contributed by atoms with Gasteiger partial charge in [-0.1, -0.05) is 18.2 Å². The summed E-state index contributed by atoms with van der Waals surface area (Å²) >= 11 is 0. The van der Waals surface area contributed by atoms with E-state index in [0.717, 1.165) is 0 Å². The number of benzene rings is 1. The van der Waals surface area contributed by atoms with Crippen LogP contribution in [0.1, 0.15) is 18.4 Å². The fourth-order valence-corrected chi connectivity index (χ4v) is 1.49. The van der Waals surface area contributed by atoms with Crippen LogP contribution in [0.4, 0.5) is 4.39 Å². The van der Waals surface area contributed by atoms with Gasteiger partial charge in [-0.3, -0.25) is 4.79 Å². The first-order valence-corrected chi connectivity index (χ1v) is 6.07. The lowest BCUT2D eigenvalue weighted by atomic mass is 10.2. The van der Waals surface area contributed by atoms with E-state index in [4.69, 9.17) is 10.00 Å². The van der Waals surface area contributed by atoms with E-state index < -0.39 is 0 Å². The quantitative estimate of drug-likeness (QED) is 0.709. The predicted octanol–water partition coefficient (Wildman–Crippen LogP) is 2.10. The second-order valence-corrected chi connectivity index (χ2v) is 4.12. The minimum Gasteiger partial charge on any atom is -0.376 e. The number of rotatable bonds is 7. The molecule has 0 aliphatic rings. The van der Waals surface area contributed by atoms with E-state index in [2.05, 4.69) is 0 Å². The summed E-state index contributed by atoms with van der Waals surface area (Å²) in [5.74, 6) is -0.385.